The maximum atomic E-state index is 13.6. The first-order valence-corrected chi connectivity index (χ1v) is 21.7. The fourth-order valence-corrected chi connectivity index (χ4v) is 9.68. The third kappa shape index (κ3) is 8.39. The number of ether oxygens (including phenoxy) is 2. The van der Waals surface area contributed by atoms with E-state index in [0.29, 0.717) is 70.0 Å². The highest BCUT2D eigenvalue weighted by Gasteiger charge is 2.46. The Morgan fingerprint density at radius 3 is 2.58 bits per heavy atom. The topological polar surface area (TPSA) is 169 Å². The van der Waals surface area contributed by atoms with Crippen molar-refractivity contribution in [2.24, 2.45) is 0 Å². The summed E-state index contributed by atoms with van der Waals surface area (Å²) in [5, 5.41) is 11.9. The number of nitrogens with one attached hydrogen (secondary N) is 1. The van der Waals surface area contributed by atoms with Gasteiger partial charge < -0.3 is 14.4 Å². The Balaban J connectivity index is 0.738. The van der Waals surface area contributed by atoms with E-state index in [1.165, 1.54) is 5.56 Å². The van der Waals surface area contributed by atoms with Crippen molar-refractivity contribution in [3.8, 4) is 16.8 Å². The molecule has 4 aliphatic rings. The summed E-state index contributed by atoms with van der Waals surface area (Å²) >= 11 is 1.64. The molecule has 1 unspecified atom stereocenters. The molecule has 316 valence electrons. The number of carbonyl (C=O) groups is 5. The summed E-state index contributed by atoms with van der Waals surface area (Å²) in [5.74, 6) is 6.02. The first-order chi connectivity index (χ1) is 30.2. The lowest BCUT2D eigenvalue weighted by Gasteiger charge is -2.36. The van der Waals surface area contributed by atoms with Crippen molar-refractivity contribution in [3.05, 3.63) is 122 Å². The quantitative estimate of drug-likeness (QED) is 0.115. The first kappa shape index (κ1) is 40.8. The van der Waals surface area contributed by atoms with Gasteiger partial charge >= 0.3 is 5.97 Å². The molecule has 0 saturated carbocycles. The molecule has 9 rings (SSSR count). The van der Waals surface area contributed by atoms with Crippen molar-refractivity contribution in [1.82, 2.24) is 34.9 Å². The van der Waals surface area contributed by atoms with E-state index in [0.717, 1.165) is 55.2 Å². The van der Waals surface area contributed by atoms with E-state index in [1.54, 1.807) is 29.7 Å². The lowest BCUT2D eigenvalue weighted by molar-refractivity contribution is -0.144. The fraction of sp³-hybridized carbons (Fsp3) is 0.348. The number of benzene rings is 2. The van der Waals surface area contributed by atoms with Gasteiger partial charge in [0.15, 0.2) is 5.82 Å². The molecule has 16 heteroatoms. The average molecular weight is 853 g/mol. The Morgan fingerprint density at radius 1 is 0.952 bits per heavy atom. The van der Waals surface area contributed by atoms with Gasteiger partial charge in [0, 0.05) is 68.6 Å². The Hall–Kier alpha value is -6.54. The predicted octanol–water partition coefficient (Wildman–Crippen LogP) is 4.14. The number of nitrogens with zero attached hydrogens (tertiary/aromatic N) is 7. The van der Waals surface area contributed by atoms with Crippen molar-refractivity contribution in [1.29, 1.82) is 0 Å². The summed E-state index contributed by atoms with van der Waals surface area (Å²) in [6, 6.07) is 18.4. The van der Waals surface area contributed by atoms with E-state index in [2.05, 4.69) is 58.8 Å². The summed E-state index contributed by atoms with van der Waals surface area (Å²) < 4.78 is 13.7. The number of hydrogen-bond acceptors (Lipinski definition) is 13. The number of aryl methyl sites for hydroxylation is 2. The van der Waals surface area contributed by atoms with Gasteiger partial charge in [-0.2, -0.15) is 0 Å². The molecule has 0 aliphatic carbocycles. The molecule has 2 fully saturated rings. The molecule has 5 aromatic rings. The van der Waals surface area contributed by atoms with Crippen LogP contribution in [0.4, 0.5) is 5.69 Å². The van der Waals surface area contributed by atoms with Gasteiger partial charge in [-0.25, -0.2) is 0 Å². The highest BCUT2D eigenvalue weighted by Crippen LogP contribution is 2.37. The van der Waals surface area contributed by atoms with E-state index in [1.807, 2.05) is 43.3 Å². The summed E-state index contributed by atoms with van der Waals surface area (Å²) in [6.07, 6.45) is 4.20. The zero-order valence-electron chi connectivity index (χ0n) is 34.2. The fourth-order valence-electron chi connectivity index (χ4n) is 8.43. The van der Waals surface area contributed by atoms with Crippen LogP contribution in [-0.4, -0.2) is 105 Å². The molecule has 2 saturated heterocycles. The van der Waals surface area contributed by atoms with Crippen LogP contribution in [0.25, 0.3) is 5.00 Å². The maximum Gasteiger partial charge on any atom is 0.305 e. The van der Waals surface area contributed by atoms with Crippen molar-refractivity contribution in [2.75, 3.05) is 44.2 Å². The normalized spacial score (nSPS) is 17.5. The second-order valence-corrected chi connectivity index (χ2v) is 16.7. The largest absolute Gasteiger partial charge is 0.464 e. The number of fused-ring (bicyclic) bond motifs is 4. The van der Waals surface area contributed by atoms with Crippen molar-refractivity contribution >= 4 is 46.6 Å². The standard InChI is InChI=1S/C46H44N8O7S/c1-29-49-50-39-28-60-27-35-34(25-30-7-3-2-4-8-30)38(62-46(35)53(29)39)17-14-31-13-15-32(47-26-31)9-5-12-41(56)61-24-23-51-19-21-52(22-20-51)36-11-6-10-33-42(36)45(59)54(44(33)58)37-16-18-40(55)48-43(37)57/h2-4,6-8,10-11,13,15,26,37H,5,9,12,16,18-25,27-28H2,1H3,(H,48,55,57). The number of pyridine rings is 1. The summed E-state index contributed by atoms with van der Waals surface area (Å²) in [5.41, 5.74) is 6.34. The maximum absolute atomic E-state index is 13.6. The number of rotatable bonds is 11. The van der Waals surface area contributed by atoms with Crippen LogP contribution in [0, 0.1) is 18.8 Å². The molecule has 1 N–H and O–H groups in total. The molecule has 0 spiro atoms. The molecule has 2 aromatic carbocycles. The highest BCUT2D eigenvalue weighted by molar-refractivity contribution is 7.15. The molecular formula is C46H44N8O7S. The van der Waals surface area contributed by atoms with Gasteiger partial charge in [-0.3, -0.25) is 48.6 Å². The molecular weight excluding hydrogens is 809 g/mol. The summed E-state index contributed by atoms with van der Waals surface area (Å²) in [6.45, 7) is 6.24. The summed E-state index contributed by atoms with van der Waals surface area (Å²) in [4.78, 5) is 74.5. The third-order valence-corrected chi connectivity index (χ3v) is 12.9. The average Bonchev–Trinajstić information content (AvgIpc) is 3.85. The number of amides is 4. The molecule has 0 bridgehead atoms. The minimum atomic E-state index is -1.01. The van der Waals surface area contributed by atoms with Gasteiger partial charge in [0.1, 0.15) is 30.1 Å². The van der Waals surface area contributed by atoms with Gasteiger partial charge in [0.25, 0.3) is 11.8 Å². The monoisotopic (exact) mass is 852 g/mol. The lowest BCUT2D eigenvalue weighted by atomic mass is 10.0. The van der Waals surface area contributed by atoms with E-state index in [4.69, 9.17) is 9.47 Å². The van der Waals surface area contributed by atoms with Gasteiger partial charge in [-0.05, 0) is 68.0 Å². The SMILES string of the molecule is Cc1nnc2n1-c1sc(C#Cc3ccc(CCCC(=O)OCCN4CCN(c5cccc6c5C(=O)N(C5CCC(=O)NC5=O)C6=O)CC4)nc3)c(Cc3ccccc3)c1COC2. The Labute approximate surface area is 362 Å². The van der Waals surface area contributed by atoms with Crippen LogP contribution in [0.5, 0.6) is 0 Å². The van der Waals surface area contributed by atoms with Crippen molar-refractivity contribution in [2.45, 2.75) is 64.7 Å². The van der Waals surface area contributed by atoms with Gasteiger partial charge in [-0.15, -0.1) is 21.5 Å². The van der Waals surface area contributed by atoms with E-state index >= 15 is 0 Å². The van der Waals surface area contributed by atoms with Gasteiger partial charge in [-0.1, -0.05) is 48.2 Å². The van der Waals surface area contributed by atoms with Crippen LogP contribution in [0.1, 0.15) is 90.9 Å². The second kappa shape index (κ2) is 17.8. The first-order valence-electron chi connectivity index (χ1n) is 20.8. The van der Waals surface area contributed by atoms with Gasteiger partial charge in [0.05, 0.1) is 28.3 Å². The van der Waals surface area contributed by atoms with E-state index in [9.17, 15) is 24.0 Å². The number of esters is 1. The number of thiophene rings is 1. The van der Waals surface area contributed by atoms with E-state index < -0.39 is 29.7 Å². The third-order valence-electron chi connectivity index (χ3n) is 11.7. The molecule has 4 aliphatic heterocycles. The molecule has 62 heavy (non-hydrogen) atoms. The molecule has 1 atom stereocenters. The number of anilines is 1. The van der Waals surface area contributed by atoms with Crippen LogP contribution in [-0.2, 0) is 49.9 Å². The lowest BCUT2D eigenvalue weighted by Crippen LogP contribution is -2.54. The zero-order chi connectivity index (χ0) is 42.7. The minimum absolute atomic E-state index is 0.0677. The number of aromatic nitrogens is 4. The summed E-state index contributed by atoms with van der Waals surface area (Å²) in [7, 11) is 0. The van der Waals surface area contributed by atoms with Crippen molar-refractivity contribution < 1.29 is 33.4 Å². The number of carbonyl (C=O) groups excluding carboxylic acids is 5. The van der Waals surface area contributed by atoms with Crippen LogP contribution in [0.3, 0.4) is 0 Å². The van der Waals surface area contributed by atoms with E-state index in [-0.39, 0.29) is 37.4 Å². The van der Waals surface area contributed by atoms with Crippen LogP contribution < -0.4 is 10.2 Å². The zero-order valence-corrected chi connectivity index (χ0v) is 35.0. The van der Waals surface area contributed by atoms with Crippen LogP contribution in [0.15, 0.2) is 66.9 Å². The molecule has 4 amide bonds. The number of imide groups is 2. The number of piperidine rings is 1. The smallest absolute Gasteiger partial charge is 0.305 e. The molecule has 0 radical (unpaired) electrons. The highest BCUT2D eigenvalue weighted by atomic mass is 32.1. The van der Waals surface area contributed by atoms with Crippen molar-refractivity contribution in [3.63, 3.8) is 0 Å². The van der Waals surface area contributed by atoms with Gasteiger partial charge in [0.2, 0.25) is 11.8 Å². The predicted molar refractivity (Wildman–Crippen MR) is 228 cm³/mol. The Kier molecular flexibility index (Phi) is 11.7. The minimum Gasteiger partial charge on any atom is -0.464 e. The number of hydrogen-bond donors (Lipinski definition) is 1. The van der Waals surface area contributed by atoms with Crippen LogP contribution >= 0.6 is 11.3 Å². The Bertz CT molecular complexity index is 2620. The number of piperazine rings is 1. The molecule has 7 heterocycles. The second-order valence-electron chi connectivity index (χ2n) is 15.7. The van der Waals surface area contributed by atoms with Crippen LogP contribution in [0.2, 0.25) is 0 Å². The Morgan fingerprint density at radius 2 is 1.79 bits per heavy atom. The molecule has 3 aromatic heterocycles. The molecule has 15 nitrogen and oxygen atoms in total.